The average molecular weight is 390 g/mol. The maximum Gasteiger partial charge on any atom is 0.274 e. The summed E-state index contributed by atoms with van der Waals surface area (Å²) in [5.74, 6) is 0.302. The second-order valence-electron chi connectivity index (χ2n) is 7.16. The number of carbonyl (C=O) groups excluding carboxylic acids is 2. The summed E-state index contributed by atoms with van der Waals surface area (Å²) in [6, 6.07) is 6.81. The lowest BCUT2D eigenvalue weighted by atomic mass is 9.89. The van der Waals surface area contributed by atoms with Crippen LogP contribution in [0.25, 0.3) is 0 Å². The number of hydrogen-bond donors (Lipinski definition) is 1. The Morgan fingerprint density at radius 3 is 2.78 bits per heavy atom. The highest BCUT2D eigenvalue weighted by Gasteiger charge is 2.31. The van der Waals surface area contributed by atoms with Gasteiger partial charge >= 0.3 is 0 Å². The molecule has 27 heavy (non-hydrogen) atoms. The third-order valence-electron chi connectivity index (χ3n) is 4.95. The first-order valence-electron chi connectivity index (χ1n) is 9.13. The predicted molar refractivity (Wildman–Crippen MR) is 104 cm³/mol. The molecular weight excluding hydrogens is 366 g/mol. The van der Waals surface area contributed by atoms with Crippen LogP contribution in [0.15, 0.2) is 24.3 Å². The number of likely N-dealkylation sites (tertiary alicyclic amines) is 1. The van der Waals surface area contributed by atoms with Crippen LogP contribution in [0.1, 0.15) is 59.1 Å². The molecule has 1 saturated heterocycles. The van der Waals surface area contributed by atoms with Crippen LogP contribution in [-0.4, -0.2) is 47.0 Å². The van der Waals surface area contributed by atoms with Crippen LogP contribution in [-0.2, 0) is 0 Å². The highest BCUT2D eigenvalue weighted by Crippen LogP contribution is 2.29. The molecule has 2 aromatic rings. The molecule has 2 heterocycles. The van der Waals surface area contributed by atoms with Gasteiger partial charge < -0.3 is 9.64 Å². The maximum atomic E-state index is 13.0. The van der Waals surface area contributed by atoms with Crippen LogP contribution in [0.3, 0.4) is 0 Å². The molecular formula is C20H24ClN3O3. The third-order valence-corrected chi connectivity index (χ3v) is 5.18. The number of ketones is 1. The normalized spacial score (nSPS) is 17.2. The zero-order chi connectivity index (χ0) is 19.6. The van der Waals surface area contributed by atoms with Gasteiger partial charge in [-0.15, -0.1) is 0 Å². The topological polar surface area (TPSA) is 75.3 Å². The number of ether oxygens (including phenoxy) is 1. The number of benzene rings is 1. The summed E-state index contributed by atoms with van der Waals surface area (Å²) in [7, 11) is 1.53. The number of rotatable bonds is 5. The lowest BCUT2D eigenvalue weighted by molar-refractivity contribution is 0.0631. The quantitative estimate of drug-likeness (QED) is 0.786. The van der Waals surface area contributed by atoms with Crippen molar-refractivity contribution in [1.29, 1.82) is 0 Å². The van der Waals surface area contributed by atoms with Gasteiger partial charge in [-0.2, -0.15) is 5.10 Å². The van der Waals surface area contributed by atoms with Gasteiger partial charge in [-0.05, 0) is 43.0 Å². The van der Waals surface area contributed by atoms with Crippen LogP contribution in [0.5, 0.6) is 5.75 Å². The van der Waals surface area contributed by atoms with Crippen molar-refractivity contribution in [2.24, 2.45) is 5.92 Å². The molecule has 1 amide bonds. The molecule has 0 bridgehead atoms. The maximum absolute atomic E-state index is 13.0. The summed E-state index contributed by atoms with van der Waals surface area (Å²) in [6.07, 6.45) is 1.50. The smallest absolute Gasteiger partial charge is 0.274 e. The van der Waals surface area contributed by atoms with E-state index in [9.17, 15) is 9.59 Å². The van der Waals surface area contributed by atoms with Crippen molar-refractivity contribution < 1.29 is 14.3 Å². The monoisotopic (exact) mass is 389 g/mol. The van der Waals surface area contributed by atoms with Crippen LogP contribution < -0.4 is 4.74 Å². The molecule has 1 aliphatic heterocycles. The number of halogens is 1. The largest absolute Gasteiger partial charge is 0.496 e. The molecule has 0 spiro atoms. The van der Waals surface area contributed by atoms with Gasteiger partial charge in [-0.1, -0.05) is 25.4 Å². The summed E-state index contributed by atoms with van der Waals surface area (Å²) in [5, 5.41) is 7.54. The van der Waals surface area contributed by atoms with Crippen molar-refractivity contribution in [1.82, 2.24) is 15.1 Å². The molecule has 1 aromatic carbocycles. The predicted octanol–water partition coefficient (Wildman–Crippen LogP) is 3.93. The van der Waals surface area contributed by atoms with Crippen LogP contribution in [0.2, 0.25) is 5.02 Å². The Bertz CT molecular complexity index is 847. The molecule has 1 aromatic heterocycles. The lowest BCUT2D eigenvalue weighted by Gasteiger charge is -2.31. The Morgan fingerprint density at radius 2 is 2.11 bits per heavy atom. The van der Waals surface area contributed by atoms with E-state index in [1.165, 1.54) is 7.11 Å². The van der Waals surface area contributed by atoms with Crippen molar-refractivity contribution in [3.8, 4) is 5.75 Å². The number of Topliss-reactive ketones (excluding diaryl/α,β-unsaturated/α-hetero) is 1. The van der Waals surface area contributed by atoms with Gasteiger partial charge in [-0.25, -0.2) is 0 Å². The Kier molecular flexibility index (Phi) is 5.85. The Morgan fingerprint density at radius 1 is 1.33 bits per heavy atom. The first-order chi connectivity index (χ1) is 12.9. The minimum absolute atomic E-state index is 0.0447. The molecule has 1 fully saturated rings. The van der Waals surface area contributed by atoms with E-state index in [4.69, 9.17) is 16.3 Å². The molecule has 7 heteroatoms. The van der Waals surface area contributed by atoms with E-state index in [0.717, 1.165) is 18.5 Å². The van der Waals surface area contributed by atoms with E-state index in [1.807, 2.05) is 13.8 Å². The van der Waals surface area contributed by atoms with Gasteiger partial charge in [0.15, 0.2) is 5.78 Å². The molecule has 1 atom stereocenters. The Balaban J connectivity index is 1.76. The Labute approximate surface area is 163 Å². The number of amides is 1. The van der Waals surface area contributed by atoms with Gasteiger partial charge in [0.05, 0.1) is 12.7 Å². The van der Waals surface area contributed by atoms with Crippen molar-refractivity contribution in [2.45, 2.75) is 32.6 Å². The molecule has 3 rings (SSSR count). The van der Waals surface area contributed by atoms with Crippen molar-refractivity contribution in [3.05, 3.63) is 46.2 Å². The Hall–Kier alpha value is -2.34. The minimum Gasteiger partial charge on any atom is -0.496 e. The highest BCUT2D eigenvalue weighted by atomic mass is 35.5. The molecule has 1 aliphatic rings. The standard InChI is InChI=1S/C20H24ClN3O3/c1-12(2)16-10-17(23-22-16)20(26)24-8-4-5-13(11-24)19(25)15-9-14(21)6-7-18(15)27-3/h6-7,9-10,12-13H,4-5,8,11H2,1-3H3,(H,22,23)/t13-/m1/s1. The van der Waals surface area contributed by atoms with Crippen LogP contribution >= 0.6 is 11.6 Å². The number of nitrogens with one attached hydrogen (secondary N) is 1. The van der Waals surface area contributed by atoms with Gasteiger partial charge in [0.25, 0.3) is 5.91 Å². The molecule has 0 radical (unpaired) electrons. The molecule has 1 N–H and O–H groups in total. The van der Waals surface area contributed by atoms with E-state index < -0.39 is 0 Å². The fraction of sp³-hybridized carbons (Fsp3) is 0.450. The minimum atomic E-state index is -0.279. The van der Waals surface area contributed by atoms with Crippen molar-refractivity contribution in [3.63, 3.8) is 0 Å². The zero-order valence-electron chi connectivity index (χ0n) is 15.8. The number of H-pyrrole nitrogens is 1. The third kappa shape index (κ3) is 4.16. The first kappa shape index (κ1) is 19.4. The average Bonchev–Trinajstić information content (AvgIpc) is 3.17. The zero-order valence-corrected chi connectivity index (χ0v) is 16.5. The number of methoxy groups -OCH3 is 1. The first-order valence-corrected chi connectivity index (χ1v) is 9.50. The molecule has 0 aliphatic carbocycles. The molecule has 0 saturated carbocycles. The highest BCUT2D eigenvalue weighted by molar-refractivity contribution is 6.31. The van der Waals surface area contributed by atoms with Gasteiger partial charge in [0.2, 0.25) is 0 Å². The second-order valence-corrected chi connectivity index (χ2v) is 7.60. The van der Waals surface area contributed by atoms with E-state index in [2.05, 4.69) is 10.2 Å². The lowest BCUT2D eigenvalue weighted by Crippen LogP contribution is -2.42. The summed E-state index contributed by atoms with van der Waals surface area (Å²) >= 11 is 6.06. The van der Waals surface area contributed by atoms with Gasteiger partial charge in [0.1, 0.15) is 11.4 Å². The summed E-state index contributed by atoms with van der Waals surface area (Å²) in [5.41, 5.74) is 1.78. The van der Waals surface area contributed by atoms with Gasteiger partial charge in [-0.3, -0.25) is 14.7 Å². The van der Waals surface area contributed by atoms with Crippen LogP contribution in [0, 0.1) is 5.92 Å². The number of piperidine rings is 1. The van der Waals surface area contributed by atoms with Crippen molar-refractivity contribution >= 4 is 23.3 Å². The van der Waals surface area contributed by atoms with Gasteiger partial charge in [0, 0.05) is 29.7 Å². The second kappa shape index (κ2) is 8.13. The fourth-order valence-electron chi connectivity index (χ4n) is 3.37. The summed E-state index contributed by atoms with van der Waals surface area (Å²) in [6.45, 7) is 5.07. The number of nitrogens with zero attached hydrogens (tertiary/aromatic N) is 2. The molecule has 6 nitrogen and oxygen atoms in total. The van der Waals surface area contributed by atoms with Crippen LogP contribution in [0.4, 0.5) is 0 Å². The van der Waals surface area contributed by atoms with E-state index >= 15 is 0 Å². The van der Waals surface area contributed by atoms with E-state index in [0.29, 0.717) is 35.1 Å². The van der Waals surface area contributed by atoms with E-state index in [-0.39, 0.29) is 23.5 Å². The fourth-order valence-corrected chi connectivity index (χ4v) is 3.54. The number of carbonyl (C=O) groups is 2. The van der Waals surface area contributed by atoms with Crippen molar-refractivity contribution in [2.75, 3.05) is 20.2 Å². The molecule has 0 unspecified atom stereocenters. The summed E-state index contributed by atoms with van der Waals surface area (Å²) in [4.78, 5) is 27.5. The van der Waals surface area contributed by atoms with E-state index in [1.54, 1.807) is 29.2 Å². The number of aromatic amines is 1. The number of hydrogen-bond acceptors (Lipinski definition) is 4. The molecule has 144 valence electrons. The SMILES string of the molecule is COc1ccc(Cl)cc1C(=O)[C@@H]1CCCN(C(=O)c2cc(C(C)C)[nH]n2)C1. The number of aromatic nitrogens is 2. The summed E-state index contributed by atoms with van der Waals surface area (Å²) < 4.78 is 5.31.